The van der Waals surface area contributed by atoms with Gasteiger partial charge in [-0.05, 0) is 29.8 Å². The molecule has 152 valence electrons. The van der Waals surface area contributed by atoms with E-state index in [0.29, 0.717) is 31.5 Å². The number of thiophene rings is 1. The minimum absolute atomic E-state index is 0.0798. The number of carbonyl (C=O) groups is 2. The third-order valence-corrected chi connectivity index (χ3v) is 5.65. The fourth-order valence-electron chi connectivity index (χ4n) is 2.94. The number of H-pyrrole nitrogens is 1. The van der Waals surface area contributed by atoms with Crippen LogP contribution in [0, 0.1) is 5.82 Å². The summed E-state index contributed by atoms with van der Waals surface area (Å²) >= 11 is 7.13. The zero-order valence-electron chi connectivity index (χ0n) is 15.5. The lowest BCUT2D eigenvalue weighted by molar-refractivity contribution is -0.115. The molecule has 0 aliphatic heterocycles. The molecule has 6 nitrogen and oxygen atoms in total. The number of rotatable bonds is 6. The van der Waals surface area contributed by atoms with Crippen LogP contribution in [0.4, 0.5) is 10.2 Å². The lowest BCUT2D eigenvalue weighted by Gasteiger charge is -2.05. The summed E-state index contributed by atoms with van der Waals surface area (Å²) in [5.41, 5.74) is 1.19. The Kier molecular flexibility index (Phi) is 5.78. The molecule has 4 aromatic rings. The van der Waals surface area contributed by atoms with Crippen LogP contribution in [0.15, 0.2) is 54.6 Å². The maximum absolute atomic E-state index is 13.7. The summed E-state index contributed by atoms with van der Waals surface area (Å²) in [6.45, 7) is 0.0798. The standard InChI is InChI=1S/C21H16ClFN4O2S/c22-14-6-3-4-12(8-14)9-18(28)25-19-15-10-17(30-21(15)27-26-19)20(29)24-11-13-5-1-2-7-16(13)23/h1-8,10H,9,11H2,(H,24,29)(H2,25,26,27,28). The van der Waals surface area contributed by atoms with Gasteiger partial charge in [-0.2, -0.15) is 5.10 Å². The van der Waals surface area contributed by atoms with Crippen molar-refractivity contribution in [1.82, 2.24) is 15.5 Å². The van der Waals surface area contributed by atoms with E-state index >= 15 is 0 Å². The Morgan fingerprint density at radius 3 is 2.77 bits per heavy atom. The number of halogens is 2. The largest absolute Gasteiger partial charge is 0.347 e. The summed E-state index contributed by atoms with van der Waals surface area (Å²) in [6, 6.07) is 15.0. The smallest absolute Gasteiger partial charge is 0.261 e. The van der Waals surface area contributed by atoms with Crippen LogP contribution in [0.25, 0.3) is 10.2 Å². The number of carbonyl (C=O) groups excluding carboxylic acids is 2. The van der Waals surface area contributed by atoms with Crippen molar-refractivity contribution < 1.29 is 14.0 Å². The molecule has 4 rings (SSSR count). The van der Waals surface area contributed by atoms with Crippen LogP contribution in [0.1, 0.15) is 20.8 Å². The minimum atomic E-state index is -0.372. The zero-order chi connectivity index (χ0) is 21.1. The Labute approximate surface area is 180 Å². The summed E-state index contributed by atoms with van der Waals surface area (Å²) < 4.78 is 13.7. The molecule has 0 aliphatic rings. The fourth-order valence-corrected chi connectivity index (χ4v) is 4.06. The molecule has 0 atom stereocenters. The first-order valence-corrected chi connectivity index (χ1v) is 10.2. The summed E-state index contributed by atoms with van der Waals surface area (Å²) in [5.74, 6) is -0.526. The number of aromatic amines is 1. The quantitative estimate of drug-likeness (QED) is 0.410. The molecule has 0 radical (unpaired) electrons. The van der Waals surface area contributed by atoms with Gasteiger partial charge in [-0.25, -0.2) is 4.39 Å². The van der Waals surface area contributed by atoms with Crippen molar-refractivity contribution in [2.75, 3.05) is 5.32 Å². The highest BCUT2D eigenvalue weighted by Gasteiger charge is 2.17. The van der Waals surface area contributed by atoms with Crippen LogP contribution in [-0.4, -0.2) is 22.0 Å². The Morgan fingerprint density at radius 2 is 1.97 bits per heavy atom. The molecule has 2 aromatic carbocycles. The van der Waals surface area contributed by atoms with Crippen molar-refractivity contribution in [2.24, 2.45) is 0 Å². The second-order valence-corrected chi connectivity index (χ2v) is 8.02. The van der Waals surface area contributed by atoms with Crippen LogP contribution in [0.3, 0.4) is 0 Å². The predicted octanol–water partition coefficient (Wildman–Crippen LogP) is 4.53. The van der Waals surface area contributed by atoms with Crippen molar-refractivity contribution in [3.05, 3.63) is 81.4 Å². The summed E-state index contributed by atoms with van der Waals surface area (Å²) in [5, 5.41) is 13.6. The molecule has 3 N–H and O–H groups in total. The van der Waals surface area contributed by atoms with Crippen molar-refractivity contribution in [1.29, 1.82) is 0 Å². The maximum Gasteiger partial charge on any atom is 0.261 e. The summed E-state index contributed by atoms with van der Waals surface area (Å²) in [4.78, 5) is 25.8. The number of hydrogen-bond acceptors (Lipinski definition) is 4. The van der Waals surface area contributed by atoms with E-state index in [-0.39, 0.29) is 30.6 Å². The van der Waals surface area contributed by atoms with Crippen molar-refractivity contribution in [3.8, 4) is 0 Å². The molecule has 9 heteroatoms. The number of nitrogens with one attached hydrogen (secondary N) is 3. The zero-order valence-corrected chi connectivity index (χ0v) is 17.1. The first-order chi connectivity index (χ1) is 14.5. The van der Waals surface area contributed by atoms with E-state index in [2.05, 4.69) is 20.8 Å². The lowest BCUT2D eigenvalue weighted by atomic mass is 10.1. The number of aromatic nitrogens is 2. The Hall–Kier alpha value is -3.23. The molecule has 30 heavy (non-hydrogen) atoms. The topological polar surface area (TPSA) is 86.9 Å². The van der Waals surface area contributed by atoms with Gasteiger partial charge < -0.3 is 10.6 Å². The van der Waals surface area contributed by atoms with Crippen LogP contribution >= 0.6 is 22.9 Å². The molecular weight excluding hydrogens is 427 g/mol. The highest BCUT2D eigenvalue weighted by atomic mass is 35.5. The first-order valence-electron chi connectivity index (χ1n) is 9.03. The lowest BCUT2D eigenvalue weighted by Crippen LogP contribution is -2.22. The van der Waals surface area contributed by atoms with Crippen molar-refractivity contribution in [2.45, 2.75) is 13.0 Å². The van der Waals surface area contributed by atoms with Gasteiger partial charge in [0.2, 0.25) is 5.91 Å². The SMILES string of the molecule is O=C(Cc1cccc(Cl)c1)Nc1[nH]nc2sc(C(=O)NCc3ccccc3F)cc12. The predicted molar refractivity (Wildman–Crippen MR) is 115 cm³/mol. The van der Waals surface area contributed by atoms with E-state index in [1.807, 2.05) is 6.07 Å². The van der Waals surface area contributed by atoms with Gasteiger partial charge >= 0.3 is 0 Å². The van der Waals surface area contributed by atoms with Gasteiger partial charge in [0.1, 0.15) is 16.5 Å². The Balaban J connectivity index is 1.43. The second-order valence-electron chi connectivity index (χ2n) is 6.56. The molecule has 0 unspecified atom stereocenters. The van der Waals surface area contributed by atoms with E-state index in [1.54, 1.807) is 42.5 Å². The number of nitrogens with zero attached hydrogens (tertiary/aromatic N) is 1. The van der Waals surface area contributed by atoms with E-state index in [4.69, 9.17) is 11.6 Å². The van der Waals surface area contributed by atoms with Crippen molar-refractivity contribution in [3.63, 3.8) is 0 Å². The third-order valence-electron chi connectivity index (χ3n) is 4.39. The van der Waals surface area contributed by atoms with Gasteiger partial charge in [-0.1, -0.05) is 41.9 Å². The molecule has 0 fully saturated rings. The molecule has 2 aromatic heterocycles. The van der Waals surface area contributed by atoms with E-state index in [1.165, 1.54) is 17.4 Å². The normalized spacial score (nSPS) is 10.9. The molecule has 0 saturated carbocycles. The maximum atomic E-state index is 13.7. The van der Waals surface area contributed by atoms with Crippen LogP contribution in [-0.2, 0) is 17.8 Å². The van der Waals surface area contributed by atoms with Crippen molar-refractivity contribution >= 4 is 50.8 Å². The first kappa shape index (κ1) is 20.1. The third kappa shape index (κ3) is 4.50. The van der Waals surface area contributed by atoms with Gasteiger partial charge in [-0.3, -0.25) is 14.7 Å². The summed E-state index contributed by atoms with van der Waals surface area (Å²) in [7, 11) is 0. The highest BCUT2D eigenvalue weighted by molar-refractivity contribution is 7.20. The van der Waals surface area contributed by atoms with Crippen LogP contribution in [0.2, 0.25) is 5.02 Å². The Morgan fingerprint density at radius 1 is 1.13 bits per heavy atom. The van der Waals surface area contributed by atoms with Crippen LogP contribution in [0.5, 0.6) is 0 Å². The number of benzene rings is 2. The van der Waals surface area contributed by atoms with Gasteiger partial charge in [0, 0.05) is 17.1 Å². The minimum Gasteiger partial charge on any atom is -0.347 e. The Bertz CT molecular complexity index is 1240. The van der Waals surface area contributed by atoms with Gasteiger partial charge in [0.25, 0.3) is 5.91 Å². The summed E-state index contributed by atoms with van der Waals surface area (Å²) in [6.07, 6.45) is 0.154. The molecular formula is C21H16ClFN4O2S. The second kappa shape index (κ2) is 8.64. The molecule has 2 heterocycles. The number of anilines is 1. The molecule has 0 spiro atoms. The monoisotopic (exact) mass is 442 g/mol. The van der Waals surface area contributed by atoms with E-state index in [9.17, 15) is 14.0 Å². The van der Waals surface area contributed by atoms with E-state index < -0.39 is 0 Å². The molecule has 2 amide bonds. The molecule has 0 aliphatic carbocycles. The molecule has 0 bridgehead atoms. The van der Waals surface area contributed by atoms with Crippen LogP contribution < -0.4 is 10.6 Å². The van der Waals surface area contributed by atoms with E-state index in [0.717, 1.165) is 5.56 Å². The van der Waals surface area contributed by atoms with Gasteiger partial charge in [0.15, 0.2) is 0 Å². The fraction of sp³-hybridized carbons (Fsp3) is 0.0952. The number of fused-ring (bicyclic) bond motifs is 1. The van der Waals surface area contributed by atoms with Gasteiger partial charge in [-0.15, -0.1) is 11.3 Å². The highest BCUT2D eigenvalue weighted by Crippen LogP contribution is 2.29. The number of hydrogen-bond donors (Lipinski definition) is 3. The molecule has 0 saturated heterocycles. The number of amides is 2. The average molecular weight is 443 g/mol. The van der Waals surface area contributed by atoms with Gasteiger partial charge in [0.05, 0.1) is 16.7 Å². The average Bonchev–Trinajstić information content (AvgIpc) is 3.29.